The number of hydrogen-bond donors (Lipinski definition) is 1. The summed E-state index contributed by atoms with van der Waals surface area (Å²) in [5.41, 5.74) is 2.45. The van der Waals surface area contributed by atoms with E-state index in [0.29, 0.717) is 0 Å². The van der Waals surface area contributed by atoms with E-state index in [9.17, 15) is 0 Å². The monoisotopic (exact) mass is 337 g/mol. The van der Waals surface area contributed by atoms with Gasteiger partial charge in [-0.3, -0.25) is 0 Å². The highest BCUT2D eigenvalue weighted by atomic mass is 79.9. The van der Waals surface area contributed by atoms with Gasteiger partial charge in [-0.1, -0.05) is 64.8 Å². The lowest BCUT2D eigenvalue weighted by Gasteiger charge is -2.20. The van der Waals surface area contributed by atoms with Crippen LogP contribution >= 0.6 is 27.5 Å². The van der Waals surface area contributed by atoms with E-state index in [2.05, 4.69) is 58.5 Å². The molecule has 19 heavy (non-hydrogen) atoms. The summed E-state index contributed by atoms with van der Waals surface area (Å²) >= 11 is 9.85. The highest BCUT2D eigenvalue weighted by molar-refractivity contribution is 9.10. The highest BCUT2D eigenvalue weighted by Crippen LogP contribution is 2.28. The van der Waals surface area contributed by atoms with E-state index in [1.807, 2.05) is 18.2 Å². The van der Waals surface area contributed by atoms with Crippen LogP contribution in [-0.4, -0.2) is 6.54 Å². The number of rotatable bonds is 5. The van der Waals surface area contributed by atoms with Crippen molar-refractivity contribution in [2.75, 3.05) is 6.54 Å². The third-order valence-corrected chi connectivity index (χ3v) is 3.90. The van der Waals surface area contributed by atoms with Gasteiger partial charge in [0.25, 0.3) is 0 Å². The Balaban J connectivity index is 2.27. The van der Waals surface area contributed by atoms with Crippen LogP contribution < -0.4 is 5.32 Å². The minimum Gasteiger partial charge on any atom is -0.310 e. The summed E-state index contributed by atoms with van der Waals surface area (Å²) in [6.07, 6.45) is 0.935. The van der Waals surface area contributed by atoms with Crippen molar-refractivity contribution in [3.63, 3.8) is 0 Å². The van der Waals surface area contributed by atoms with Gasteiger partial charge in [-0.2, -0.15) is 0 Å². The van der Waals surface area contributed by atoms with Crippen LogP contribution in [0, 0.1) is 0 Å². The van der Waals surface area contributed by atoms with Crippen LogP contribution in [0.2, 0.25) is 5.02 Å². The van der Waals surface area contributed by atoms with E-state index in [1.165, 1.54) is 5.56 Å². The molecule has 0 bridgehead atoms. The van der Waals surface area contributed by atoms with Gasteiger partial charge in [-0.15, -0.1) is 0 Å². The number of hydrogen-bond acceptors (Lipinski definition) is 1. The van der Waals surface area contributed by atoms with E-state index in [-0.39, 0.29) is 6.04 Å². The number of nitrogens with one attached hydrogen (secondary N) is 1. The number of halogens is 2. The Kier molecular flexibility index (Phi) is 5.44. The number of likely N-dealkylation sites (N-methyl/N-ethyl adjacent to an activating group) is 1. The first-order valence-electron chi connectivity index (χ1n) is 6.43. The molecule has 2 aromatic rings. The van der Waals surface area contributed by atoms with Crippen LogP contribution in [0.5, 0.6) is 0 Å². The summed E-state index contributed by atoms with van der Waals surface area (Å²) in [6, 6.07) is 16.7. The molecule has 0 aliphatic carbocycles. The molecule has 1 atom stereocenters. The van der Waals surface area contributed by atoms with Crippen molar-refractivity contribution in [3.8, 4) is 0 Å². The van der Waals surface area contributed by atoms with Crippen molar-refractivity contribution in [1.82, 2.24) is 5.32 Å². The lowest BCUT2D eigenvalue weighted by atomic mass is 9.99. The van der Waals surface area contributed by atoms with Crippen LogP contribution in [0.4, 0.5) is 0 Å². The summed E-state index contributed by atoms with van der Waals surface area (Å²) in [5.74, 6) is 0. The topological polar surface area (TPSA) is 12.0 Å². The molecule has 2 aromatic carbocycles. The Morgan fingerprint density at radius 1 is 1.16 bits per heavy atom. The minimum atomic E-state index is 0.234. The molecule has 0 fully saturated rings. The third kappa shape index (κ3) is 4.07. The molecule has 0 radical (unpaired) electrons. The lowest BCUT2D eigenvalue weighted by molar-refractivity contribution is 0.550. The van der Waals surface area contributed by atoms with Crippen molar-refractivity contribution in [2.24, 2.45) is 0 Å². The molecule has 2 rings (SSSR count). The zero-order valence-electron chi connectivity index (χ0n) is 10.9. The first-order valence-corrected chi connectivity index (χ1v) is 7.60. The molecule has 3 heteroatoms. The SMILES string of the molecule is CCNC(Cc1ccccc1)c1cc(Br)ccc1Cl. The number of benzene rings is 2. The molecular weight excluding hydrogens is 322 g/mol. The third-order valence-electron chi connectivity index (χ3n) is 3.07. The summed E-state index contributed by atoms with van der Waals surface area (Å²) in [4.78, 5) is 0. The van der Waals surface area contributed by atoms with E-state index >= 15 is 0 Å². The maximum atomic E-state index is 6.33. The minimum absolute atomic E-state index is 0.234. The molecule has 100 valence electrons. The average molecular weight is 339 g/mol. The molecule has 0 aromatic heterocycles. The van der Waals surface area contributed by atoms with Crippen molar-refractivity contribution < 1.29 is 0 Å². The standard InChI is InChI=1S/C16H17BrClN/c1-2-19-16(10-12-6-4-3-5-7-12)14-11-13(17)8-9-15(14)18/h3-9,11,16,19H,2,10H2,1H3. The van der Waals surface area contributed by atoms with Gasteiger partial charge < -0.3 is 5.32 Å². The summed E-state index contributed by atoms with van der Waals surface area (Å²) in [7, 11) is 0. The fourth-order valence-electron chi connectivity index (χ4n) is 2.17. The van der Waals surface area contributed by atoms with Crippen molar-refractivity contribution in [3.05, 3.63) is 69.2 Å². The van der Waals surface area contributed by atoms with Crippen LogP contribution in [-0.2, 0) is 6.42 Å². The first-order chi connectivity index (χ1) is 9.20. The molecule has 0 amide bonds. The maximum absolute atomic E-state index is 6.33. The quantitative estimate of drug-likeness (QED) is 0.809. The molecule has 0 spiro atoms. The predicted molar refractivity (Wildman–Crippen MR) is 85.7 cm³/mol. The second kappa shape index (κ2) is 7.09. The largest absolute Gasteiger partial charge is 0.310 e. The maximum Gasteiger partial charge on any atom is 0.0454 e. The molecule has 0 aliphatic rings. The first kappa shape index (κ1) is 14.6. The van der Waals surface area contributed by atoms with Gasteiger partial charge in [0.15, 0.2) is 0 Å². The fourth-order valence-corrected chi connectivity index (χ4v) is 2.80. The van der Waals surface area contributed by atoms with Gasteiger partial charge in [-0.25, -0.2) is 0 Å². The molecule has 0 saturated heterocycles. The normalized spacial score (nSPS) is 12.4. The Morgan fingerprint density at radius 2 is 1.89 bits per heavy atom. The Bertz CT molecular complexity index is 528. The van der Waals surface area contributed by atoms with Gasteiger partial charge in [0, 0.05) is 15.5 Å². The summed E-state index contributed by atoms with van der Waals surface area (Å²) in [6.45, 7) is 3.03. The Labute approximate surface area is 128 Å². The van der Waals surface area contributed by atoms with Gasteiger partial charge in [0.1, 0.15) is 0 Å². The molecule has 0 heterocycles. The van der Waals surface area contributed by atoms with Gasteiger partial charge in [-0.05, 0) is 42.3 Å². The molecule has 1 nitrogen and oxygen atoms in total. The van der Waals surface area contributed by atoms with E-state index in [4.69, 9.17) is 11.6 Å². The highest BCUT2D eigenvalue weighted by Gasteiger charge is 2.14. The lowest BCUT2D eigenvalue weighted by Crippen LogP contribution is -2.23. The Morgan fingerprint density at radius 3 is 2.58 bits per heavy atom. The van der Waals surface area contributed by atoms with Gasteiger partial charge in [0.05, 0.1) is 0 Å². The van der Waals surface area contributed by atoms with Crippen molar-refractivity contribution in [1.29, 1.82) is 0 Å². The van der Waals surface area contributed by atoms with E-state index < -0.39 is 0 Å². The molecule has 0 saturated carbocycles. The van der Waals surface area contributed by atoms with Crippen LogP contribution in [0.15, 0.2) is 53.0 Å². The molecular formula is C16H17BrClN. The van der Waals surface area contributed by atoms with Gasteiger partial charge >= 0.3 is 0 Å². The van der Waals surface area contributed by atoms with Crippen LogP contribution in [0.1, 0.15) is 24.1 Å². The smallest absolute Gasteiger partial charge is 0.0454 e. The van der Waals surface area contributed by atoms with Crippen LogP contribution in [0.3, 0.4) is 0 Å². The fraction of sp³-hybridized carbons (Fsp3) is 0.250. The average Bonchev–Trinajstić information content (AvgIpc) is 2.42. The van der Waals surface area contributed by atoms with Crippen molar-refractivity contribution >= 4 is 27.5 Å². The van der Waals surface area contributed by atoms with Crippen molar-refractivity contribution in [2.45, 2.75) is 19.4 Å². The van der Waals surface area contributed by atoms with Crippen LogP contribution in [0.25, 0.3) is 0 Å². The summed E-state index contributed by atoms with van der Waals surface area (Å²) in [5, 5.41) is 4.32. The second-order valence-corrected chi connectivity index (χ2v) is 5.79. The molecule has 0 aliphatic heterocycles. The molecule has 1 unspecified atom stereocenters. The summed E-state index contributed by atoms with van der Waals surface area (Å²) < 4.78 is 1.06. The van der Waals surface area contributed by atoms with E-state index in [0.717, 1.165) is 28.0 Å². The van der Waals surface area contributed by atoms with Gasteiger partial charge in [0.2, 0.25) is 0 Å². The second-order valence-electron chi connectivity index (χ2n) is 4.47. The zero-order chi connectivity index (χ0) is 13.7. The predicted octanol–water partition coefficient (Wildman–Crippen LogP) is 5.00. The molecule has 1 N–H and O–H groups in total. The van der Waals surface area contributed by atoms with E-state index in [1.54, 1.807) is 0 Å². The Hall–Kier alpha value is -0.830. The zero-order valence-corrected chi connectivity index (χ0v) is 13.2.